The Labute approximate surface area is 121 Å². The number of hydrogen-bond donors (Lipinski definition) is 1. The first-order chi connectivity index (χ1) is 9.53. The van der Waals surface area contributed by atoms with Gasteiger partial charge >= 0.3 is 0 Å². The van der Waals surface area contributed by atoms with E-state index in [4.69, 9.17) is 0 Å². The lowest BCUT2D eigenvalue weighted by molar-refractivity contribution is -0.100. The van der Waals surface area contributed by atoms with Crippen molar-refractivity contribution in [2.45, 2.75) is 57.0 Å². The van der Waals surface area contributed by atoms with E-state index in [1.807, 2.05) is 12.1 Å². The van der Waals surface area contributed by atoms with Crippen molar-refractivity contribution in [3.8, 4) is 6.07 Å². The van der Waals surface area contributed by atoms with Crippen LogP contribution in [0.4, 0.5) is 0 Å². The van der Waals surface area contributed by atoms with Crippen LogP contribution in [0.2, 0.25) is 0 Å². The Hall–Kier alpha value is -1.33. The minimum absolute atomic E-state index is 0.185. The van der Waals surface area contributed by atoms with Crippen LogP contribution in [0.25, 0.3) is 0 Å². The summed E-state index contributed by atoms with van der Waals surface area (Å²) in [5.41, 5.74) is 0.725. The zero-order valence-corrected chi connectivity index (χ0v) is 12.4. The van der Waals surface area contributed by atoms with Gasteiger partial charge in [-0.15, -0.1) is 0 Å². The van der Waals surface area contributed by atoms with E-state index in [1.54, 1.807) is 0 Å². The number of aliphatic hydroxyl groups is 1. The summed E-state index contributed by atoms with van der Waals surface area (Å²) in [5, 5.41) is 21.5. The third-order valence-corrected chi connectivity index (χ3v) is 5.74. The Balaban J connectivity index is 2.13. The molecule has 2 aliphatic carbocycles. The minimum atomic E-state index is -0.883. The van der Waals surface area contributed by atoms with E-state index in [-0.39, 0.29) is 5.92 Å². The lowest BCUT2D eigenvalue weighted by Crippen LogP contribution is -2.56. The maximum absolute atomic E-state index is 11.5. The quantitative estimate of drug-likeness (QED) is 0.847. The number of fused-ring (bicyclic) bond motifs is 1. The molecule has 2 aliphatic rings. The normalized spacial score (nSPS) is 40.1. The second-order valence-electron chi connectivity index (χ2n) is 6.89. The molecule has 1 aromatic rings. The van der Waals surface area contributed by atoms with Gasteiger partial charge in [-0.25, -0.2) is 0 Å². The minimum Gasteiger partial charge on any atom is -0.388 e. The molecule has 0 radical (unpaired) electrons. The molecule has 106 valence electrons. The van der Waals surface area contributed by atoms with Crippen molar-refractivity contribution in [1.82, 2.24) is 0 Å². The van der Waals surface area contributed by atoms with Crippen LogP contribution in [0.3, 0.4) is 0 Å². The molecule has 3 rings (SSSR count). The summed E-state index contributed by atoms with van der Waals surface area (Å²) in [6.07, 6.45) is 4.59. The second-order valence-corrected chi connectivity index (χ2v) is 6.89. The highest BCUT2D eigenvalue weighted by Crippen LogP contribution is 2.54. The summed E-state index contributed by atoms with van der Waals surface area (Å²) in [6.45, 7) is 4.31. The van der Waals surface area contributed by atoms with Crippen molar-refractivity contribution in [2.75, 3.05) is 0 Å². The predicted octanol–water partition coefficient (Wildman–Crippen LogP) is 3.58. The molecule has 2 heteroatoms. The lowest BCUT2D eigenvalue weighted by atomic mass is 9.57. The molecule has 20 heavy (non-hydrogen) atoms. The SMILES string of the molecule is CC1CCC(C)C(O)(C2(C#N)CCc3ccccc32)C1. The monoisotopic (exact) mass is 269 g/mol. The van der Waals surface area contributed by atoms with E-state index in [0.29, 0.717) is 5.92 Å². The van der Waals surface area contributed by atoms with Gasteiger partial charge in [0, 0.05) is 0 Å². The van der Waals surface area contributed by atoms with Crippen LogP contribution in [-0.4, -0.2) is 10.7 Å². The summed E-state index contributed by atoms with van der Waals surface area (Å²) in [7, 11) is 0. The molecule has 0 saturated heterocycles. The Morgan fingerprint density at radius 1 is 1.25 bits per heavy atom. The van der Waals surface area contributed by atoms with Crippen LogP contribution in [-0.2, 0) is 11.8 Å². The molecule has 0 heterocycles. The van der Waals surface area contributed by atoms with Crippen LogP contribution in [0, 0.1) is 23.2 Å². The Bertz CT molecular complexity index is 561. The molecule has 1 aromatic carbocycles. The Kier molecular flexibility index (Phi) is 3.14. The number of aryl methyl sites for hydroxylation is 1. The summed E-state index contributed by atoms with van der Waals surface area (Å²) in [6, 6.07) is 10.7. The zero-order valence-electron chi connectivity index (χ0n) is 12.4. The topological polar surface area (TPSA) is 44.0 Å². The maximum Gasteiger partial charge on any atom is 0.112 e. The molecule has 4 unspecified atom stereocenters. The molecular formula is C18H23NO. The van der Waals surface area contributed by atoms with Crippen molar-refractivity contribution in [3.63, 3.8) is 0 Å². The molecule has 0 bridgehead atoms. The molecule has 4 atom stereocenters. The van der Waals surface area contributed by atoms with Gasteiger partial charge in [-0.2, -0.15) is 5.26 Å². The van der Waals surface area contributed by atoms with Gasteiger partial charge in [-0.05, 0) is 48.6 Å². The summed E-state index contributed by atoms with van der Waals surface area (Å²) >= 11 is 0. The van der Waals surface area contributed by atoms with Gasteiger partial charge in [0.2, 0.25) is 0 Å². The number of hydrogen-bond acceptors (Lipinski definition) is 2. The fraction of sp³-hybridized carbons (Fsp3) is 0.611. The molecule has 1 N–H and O–H groups in total. The Morgan fingerprint density at radius 3 is 2.75 bits per heavy atom. The van der Waals surface area contributed by atoms with Gasteiger partial charge in [0.25, 0.3) is 0 Å². The molecule has 2 nitrogen and oxygen atoms in total. The van der Waals surface area contributed by atoms with E-state index >= 15 is 0 Å². The van der Waals surface area contributed by atoms with Crippen molar-refractivity contribution >= 4 is 0 Å². The number of nitrogens with zero attached hydrogens (tertiary/aromatic N) is 1. The standard InChI is InChI=1S/C18H23NO/c1-13-7-8-14(2)18(20,11-13)17(12-19)10-9-15-5-3-4-6-16(15)17/h3-6,13-14,20H,7-11H2,1-2H3. The van der Waals surface area contributed by atoms with Gasteiger partial charge in [0.15, 0.2) is 0 Å². The average molecular weight is 269 g/mol. The number of nitriles is 1. The third kappa shape index (κ3) is 1.66. The number of benzene rings is 1. The van der Waals surface area contributed by atoms with Gasteiger partial charge in [0.1, 0.15) is 5.41 Å². The van der Waals surface area contributed by atoms with Crippen LogP contribution in [0.1, 0.15) is 50.7 Å². The van der Waals surface area contributed by atoms with Gasteiger partial charge in [-0.1, -0.05) is 44.5 Å². The van der Waals surface area contributed by atoms with Crippen molar-refractivity contribution in [2.24, 2.45) is 11.8 Å². The fourth-order valence-corrected chi connectivity index (χ4v) is 4.48. The first-order valence-corrected chi connectivity index (χ1v) is 7.75. The van der Waals surface area contributed by atoms with E-state index in [9.17, 15) is 10.4 Å². The third-order valence-electron chi connectivity index (χ3n) is 5.74. The summed E-state index contributed by atoms with van der Waals surface area (Å²) < 4.78 is 0. The van der Waals surface area contributed by atoms with E-state index in [2.05, 4.69) is 32.0 Å². The zero-order chi connectivity index (χ0) is 14.4. The lowest BCUT2D eigenvalue weighted by Gasteiger charge is -2.49. The number of rotatable bonds is 1. The van der Waals surface area contributed by atoms with Crippen LogP contribution >= 0.6 is 0 Å². The molecule has 0 aromatic heterocycles. The first kappa shape index (κ1) is 13.6. The first-order valence-electron chi connectivity index (χ1n) is 7.75. The van der Waals surface area contributed by atoms with Crippen molar-refractivity contribution in [1.29, 1.82) is 5.26 Å². The van der Waals surface area contributed by atoms with Crippen LogP contribution < -0.4 is 0 Å². The van der Waals surface area contributed by atoms with E-state index < -0.39 is 11.0 Å². The fourth-order valence-electron chi connectivity index (χ4n) is 4.48. The molecule has 0 amide bonds. The highest BCUT2D eigenvalue weighted by Gasteiger charge is 2.58. The average Bonchev–Trinajstić information content (AvgIpc) is 2.84. The van der Waals surface area contributed by atoms with Crippen LogP contribution in [0.5, 0.6) is 0 Å². The van der Waals surface area contributed by atoms with Crippen LogP contribution in [0.15, 0.2) is 24.3 Å². The highest BCUT2D eigenvalue weighted by molar-refractivity contribution is 5.48. The van der Waals surface area contributed by atoms with Gasteiger partial charge in [-0.3, -0.25) is 0 Å². The molecular weight excluding hydrogens is 246 g/mol. The van der Waals surface area contributed by atoms with Crippen molar-refractivity contribution in [3.05, 3.63) is 35.4 Å². The largest absolute Gasteiger partial charge is 0.388 e. The predicted molar refractivity (Wildman–Crippen MR) is 79.2 cm³/mol. The molecule has 0 spiro atoms. The van der Waals surface area contributed by atoms with E-state index in [1.165, 1.54) is 5.56 Å². The second kappa shape index (κ2) is 4.60. The molecule has 1 fully saturated rings. The van der Waals surface area contributed by atoms with Gasteiger partial charge < -0.3 is 5.11 Å². The van der Waals surface area contributed by atoms with Gasteiger partial charge in [0.05, 0.1) is 11.7 Å². The van der Waals surface area contributed by atoms with Crippen molar-refractivity contribution < 1.29 is 5.11 Å². The van der Waals surface area contributed by atoms with E-state index in [0.717, 1.165) is 37.7 Å². The summed E-state index contributed by atoms with van der Waals surface area (Å²) in [5.74, 6) is 0.679. The Morgan fingerprint density at radius 2 is 2.00 bits per heavy atom. The molecule has 0 aliphatic heterocycles. The summed E-state index contributed by atoms with van der Waals surface area (Å²) in [4.78, 5) is 0. The smallest absolute Gasteiger partial charge is 0.112 e. The molecule has 1 saturated carbocycles. The maximum atomic E-state index is 11.5. The highest BCUT2D eigenvalue weighted by atomic mass is 16.3.